The Morgan fingerprint density at radius 2 is 1.88 bits per heavy atom. The highest BCUT2D eigenvalue weighted by Gasteiger charge is 2.04. The van der Waals surface area contributed by atoms with Gasteiger partial charge in [0.05, 0.1) is 16.7 Å². The van der Waals surface area contributed by atoms with E-state index in [1.54, 1.807) is 42.5 Å². The predicted molar refractivity (Wildman–Crippen MR) is 67.7 cm³/mol. The maximum Gasteiger partial charge on any atom is 0.147 e. The lowest BCUT2D eigenvalue weighted by atomic mass is 10.2. The van der Waals surface area contributed by atoms with Crippen LogP contribution >= 0.6 is 23.2 Å². The van der Waals surface area contributed by atoms with Crippen LogP contribution in [0.15, 0.2) is 42.5 Å². The van der Waals surface area contributed by atoms with Crippen molar-refractivity contribution in [3.8, 4) is 17.6 Å². The zero-order chi connectivity index (χ0) is 12.3. The first-order chi connectivity index (χ1) is 8.19. The van der Waals surface area contributed by atoms with E-state index >= 15 is 0 Å². The molecular weight excluding hydrogens is 257 g/mol. The average Bonchev–Trinajstić information content (AvgIpc) is 2.34. The number of nitrogens with zero attached hydrogens (tertiary/aromatic N) is 1. The summed E-state index contributed by atoms with van der Waals surface area (Å²) in [6.45, 7) is 0. The minimum atomic E-state index is 0.467. The van der Waals surface area contributed by atoms with Crippen LogP contribution in [0.1, 0.15) is 5.56 Å². The second-order valence-corrected chi connectivity index (χ2v) is 4.16. The lowest BCUT2D eigenvalue weighted by Gasteiger charge is -2.07. The SMILES string of the molecule is N#Cc1cccc(Oc2cc(Cl)ccc2Cl)c1. The van der Waals surface area contributed by atoms with Crippen LogP contribution in [0.25, 0.3) is 0 Å². The minimum Gasteiger partial charge on any atom is -0.456 e. The Labute approximate surface area is 109 Å². The van der Waals surface area contributed by atoms with Crippen molar-refractivity contribution in [2.75, 3.05) is 0 Å². The molecule has 0 aliphatic heterocycles. The second-order valence-electron chi connectivity index (χ2n) is 3.32. The number of ether oxygens (including phenoxy) is 1. The van der Waals surface area contributed by atoms with E-state index in [1.807, 2.05) is 6.07 Å². The molecule has 84 valence electrons. The molecule has 0 unspecified atom stereocenters. The normalized spacial score (nSPS) is 9.71. The van der Waals surface area contributed by atoms with E-state index in [2.05, 4.69) is 0 Å². The summed E-state index contributed by atoms with van der Waals surface area (Å²) >= 11 is 11.8. The lowest BCUT2D eigenvalue weighted by Crippen LogP contribution is -1.86. The van der Waals surface area contributed by atoms with Crippen molar-refractivity contribution in [3.05, 3.63) is 58.1 Å². The Kier molecular flexibility index (Phi) is 3.53. The Morgan fingerprint density at radius 3 is 2.65 bits per heavy atom. The summed E-state index contributed by atoms with van der Waals surface area (Å²) < 4.78 is 5.56. The fourth-order valence-corrected chi connectivity index (χ4v) is 1.63. The van der Waals surface area contributed by atoms with E-state index in [1.165, 1.54) is 0 Å². The summed E-state index contributed by atoms with van der Waals surface area (Å²) in [6, 6.07) is 13.8. The molecule has 0 heterocycles. The van der Waals surface area contributed by atoms with E-state index < -0.39 is 0 Å². The molecule has 2 rings (SSSR count). The van der Waals surface area contributed by atoms with Crippen LogP contribution in [0.3, 0.4) is 0 Å². The molecule has 2 aromatic rings. The molecule has 2 aromatic carbocycles. The highest BCUT2D eigenvalue weighted by molar-refractivity contribution is 6.34. The van der Waals surface area contributed by atoms with Gasteiger partial charge in [-0.1, -0.05) is 29.3 Å². The number of hydrogen-bond acceptors (Lipinski definition) is 2. The van der Waals surface area contributed by atoms with Gasteiger partial charge in [-0.05, 0) is 30.3 Å². The van der Waals surface area contributed by atoms with Crippen LogP contribution in [-0.4, -0.2) is 0 Å². The van der Waals surface area contributed by atoms with Gasteiger partial charge in [0, 0.05) is 11.1 Å². The van der Waals surface area contributed by atoms with Crippen LogP contribution in [-0.2, 0) is 0 Å². The molecule has 0 aliphatic carbocycles. The first-order valence-electron chi connectivity index (χ1n) is 4.82. The van der Waals surface area contributed by atoms with E-state index in [0.29, 0.717) is 27.1 Å². The zero-order valence-corrected chi connectivity index (χ0v) is 10.2. The number of benzene rings is 2. The monoisotopic (exact) mass is 263 g/mol. The second kappa shape index (κ2) is 5.09. The first-order valence-corrected chi connectivity index (χ1v) is 5.58. The van der Waals surface area contributed by atoms with Crippen molar-refractivity contribution in [3.63, 3.8) is 0 Å². The highest BCUT2D eigenvalue weighted by Crippen LogP contribution is 2.31. The molecule has 17 heavy (non-hydrogen) atoms. The molecule has 0 amide bonds. The van der Waals surface area contributed by atoms with Crippen molar-refractivity contribution in [2.45, 2.75) is 0 Å². The van der Waals surface area contributed by atoms with Gasteiger partial charge < -0.3 is 4.74 Å². The molecule has 0 atom stereocenters. The quantitative estimate of drug-likeness (QED) is 0.790. The maximum atomic E-state index is 8.77. The number of nitriles is 1. The van der Waals surface area contributed by atoms with Crippen molar-refractivity contribution in [2.24, 2.45) is 0 Å². The number of halogens is 2. The third kappa shape index (κ3) is 2.91. The van der Waals surface area contributed by atoms with Gasteiger partial charge in [0.1, 0.15) is 11.5 Å². The van der Waals surface area contributed by atoms with E-state index in [9.17, 15) is 0 Å². The van der Waals surface area contributed by atoms with Crippen molar-refractivity contribution < 1.29 is 4.74 Å². The smallest absolute Gasteiger partial charge is 0.147 e. The fraction of sp³-hybridized carbons (Fsp3) is 0. The van der Waals surface area contributed by atoms with Crippen LogP contribution in [0.2, 0.25) is 10.0 Å². The van der Waals surface area contributed by atoms with Gasteiger partial charge in [0.2, 0.25) is 0 Å². The molecule has 0 saturated carbocycles. The Balaban J connectivity index is 2.31. The van der Waals surface area contributed by atoms with Crippen molar-refractivity contribution >= 4 is 23.2 Å². The maximum absolute atomic E-state index is 8.77. The lowest BCUT2D eigenvalue weighted by molar-refractivity contribution is 0.483. The van der Waals surface area contributed by atoms with Gasteiger partial charge in [-0.2, -0.15) is 5.26 Å². The van der Waals surface area contributed by atoms with Gasteiger partial charge in [0.15, 0.2) is 0 Å². The van der Waals surface area contributed by atoms with Crippen molar-refractivity contribution in [1.29, 1.82) is 5.26 Å². The number of hydrogen-bond donors (Lipinski definition) is 0. The standard InChI is InChI=1S/C13H7Cl2NO/c14-10-4-5-12(15)13(7-10)17-11-3-1-2-9(6-11)8-16/h1-7H. The summed E-state index contributed by atoms with van der Waals surface area (Å²) in [6.07, 6.45) is 0. The van der Waals surface area contributed by atoms with Gasteiger partial charge in [-0.3, -0.25) is 0 Å². The van der Waals surface area contributed by atoms with E-state index in [0.717, 1.165) is 0 Å². The molecule has 0 N–H and O–H groups in total. The molecule has 4 heteroatoms. The van der Waals surface area contributed by atoms with Gasteiger partial charge in [-0.15, -0.1) is 0 Å². The molecule has 0 aliphatic rings. The van der Waals surface area contributed by atoms with Crippen LogP contribution in [0.4, 0.5) is 0 Å². The third-order valence-corrected chi connectivity index (χ3v) is 2.63. The van der Waals surface area contributed by atoms with Gasteiger partial charge >= 0.3 is 0 Å². The largest absolute Gasteiger partial charge is 0.456 e. The van der Waals surface area contributed by atoms with E-state index in [-0.39, 0.29) is 0 Å². The highest BCUT2D eigenvalue weighted by atomic mass is 35.5. The summed E-state index contributed by atoms with van der Waals surface area (Å²) in [7, 11) is 0. The Morgan fingerprint density at radius 1 is 1.06 bits per heavy atom. The molecule has 0 aromatic heterocycles. The summed E-state index contributed by atoms with van der Waals surface area (Å²) in [4.78, 5) is 0. The molecule has 0 radical (unpaired) electrons. The molecule has 0 saturated heterocycles. The molecule has 0 spiro atoms. The van der Waals surface area contributed by atoms with Crippen LogP contribution in [0, 0.1) is 11.3 Å². The third-order valence-electron chi connectivity index (χ3n) is 2.08. The molecule has 0 fully saturated rings. The minimum absolute atomic E-state index is 0.467. The first kappa shape index (κ1) is 11.8. The predicted octanol–water partition coefficient (Wildman–Crippen LogP) is 4.66. The summed E-state index contributed by atoms with van der Waals surface area (Å²) in [5.41, 5.74) is 0.528. The molecular formula is C13H7Cl2NO. The van der Waals surface area contributed by atoms with E-state index in [4.69, 9.17) is 33.2 Å². The fourth-order valence-electron chi connectivity index (χ4n) is 1.31. The van der Waals surface area contributed by atoms with Crippen molar-refractivity contribution in [1.82, 2.24) is 0 Å². The summed E-state index contributed by atoms with van der Waals surface area (Å²) in [5.74, 6) is 1.02. The van der Waals surface area contributed by atoms with Crippen LogP contribution in [0.5, 0.6) is 11.5 Å². The molecule has 0 bridgehead atoms. The summed E-state index contributed by atoms with van der Waals surface area (Å²) in [5, 5.41) is 9.79. The average molecular weight is 264 g/mol. The molecule has 2 nitrogen and oxygen atoms in total. The Hall–Kier alpha value is -1.69. The van der Waals surface area contributed by atoms with Crippen LogP contribution < -0.4 is 4.74 Å². The Bertz CT molecular complexity index is 590. The van der Waals surface area contributed by atoms with Gasteiger partial charge in [0.25, 0.3) is 0 Å². The topological polar surface area (TPSA) is 33.0 Å². The van der Waals surface area contributed by atoms with Gasteiger partial charge in [-0.25, -0.2) is 0 Å². The zero-order valence-electron chi connectivity index (χ0n) is 8.65. The number of rotatable bonds is 2.